The van der Waals surface area contributed by atoms with E-state index in [-0.39, 0.29) is 5.78 Å². The van der Waals surface area contributed by atoms with Gasteiger partial charge < -0.3 is 4.74 Å². The summed E-state index contributed by atoms with van der Waals surface area (Å²) in [5, 5.41) is 0. The molecule has 0 atom stereocenters. The Morgan fingerprint density at radius 3 is 2.61 bits per heavy atom. The quantitative estimate of drug-likeness (QED) is 0.765. The fraction of sp³-hybridized carbons (Fsp3) is 0.200. The maximum atomic E-state index is 11.6. The second kappa shape index (κ2) is 5.45. The number of carbonyl (C=O) groups is 1. The Balaban J connectivity index is 2.22. The number of hydrogen-bond donors (Lipinski definition) is 0. The van der Waals surface area contributed by atoms with E-state index in [2.05, 4.69) is 4.98 Å². The summed E-state index contributed by atoms with van der Waals surface area (Å²) in [6, 6.07) is 11.2. The Morgan fingerprint density at radius 1 is 1.28 bits per heavy atom. The molecule has 0 aliphatic heterocycles. The van der Waals surface area contributed by atoms with E-state index in [1.165, 1.54) is 0 Å². The SMILES string of the molecule is CCC(=O)c1cnc(Oc2ccccc2)cc1C. The minimum Gasteiger partial charge on any atom is -0.439 e. The van der Waals surface area contributed by atoms with Crippen LogP contribution in [-0.2, 0) is 0 Å². The molecule has 0 bridgehead atoms. The Bertz CT molecular complexity index is 550. The van der Waals surface area contributed by atoms with Gasteiger partial charge in [0.1, 0.15) is 5.75 Å². The molecule has 0 aliphatic carbocycles. The first-order valence-corrected chi connectivity index (χ1v) is 5.93. The lowest BCUT2D eigenvalue weighted by molar-refractivity contribution is 0.0987. The van der Waals surface area contributed by atoms with Crippen LogP contribution in [0, 0.1) is 6.92 Å². The molecule has 0 saturated heterocycles. The summed E-state index contributed by atoms with van der Waals surface area (Å²) in [4.78, 5) is 15.8. The summed E-state index contributed by atoms with van der Waals surface area (Å²) >= 11 is 0. The third-order valence-electron chi connectivity index (χ3n) is 2.67. The maximum Gasteiger partial charge on any atom is 0.219 e. The number of benzene rings is 1. The minimum absolute atomic E-state index is 0.103. The highest BCUT2D eigenvalue weighted by molar-refractivity contribution is 5.96. The molecule has 0 spiro atoms. The number of rotatable bonds is 4. The summed E-state index contributed by atoms with van der Waals surface area (Å²) in [7, 11) is 0. The lowest BCUT2D eigenvalue weighted by Crippen LogP contribution is -2.01. The highest BCUT2D eigenvalue weighted by Gasteiger charge is 2.09. The van der Waals surface area contributed by atoms with Crippen molar-refractivity contribution < 1.29 is 9.53 Å². The summed E-state index contributed by atoms with van der Waals surface area (Å²) in [5.41, 5.74) is 1.56. The van der Waals surface area contributed by atoms with Crippen molar-refractivity contribution in [2.75, 3.05) is 0 Å². The molecule has 0 N–H and O–H groups in total. The number of ether oxygens (including phenoxy) is 1. The van der Waals surface area contributed by atoms with Gasteiger partial charge >= 0.3 is 0 Å². The summed E-state index contributed by atoms with van der Waals surface area (Å²) in [6.45, 7) is 3.73. The molecule has 1 heterocycles. The molecule has 2 aromatic rings. The molecule has 0 amide bonds. The number of hydrogen-bond acceptors (Lipinski definition) is 3. The first-order valence-electron chi connectivity index (χ1n) is 5.93. The minimum atomic E-state index is 0.103. The van der Waals surface area contributed by atoms with Crippen LogP contribution in [0.2, 0.25) is 0 Å². The molecule has 0 fully saturated rings. The molecule has 18 heavy (non-hydrogen) atoms. The molecule has 3 nitrogen and oxygen atoms in total. The van der Waals surface area contributed by atoms with Gasteiger partial charge in [0, 0.05) is 24.2 Å². The molecule has 0 aliphatic rings. The van der Waals surface area contributed by atoms with Crippen molar-refractivity contribution in [3.8, 4) is 11.6 Å². The standard InChI is InChI=1S/C15H15NO2/c1-3-14(17)13-10-16-15(9-11(13)2)18-12-7-5-4-6-8-12/h4-10H,3H2,1-2H3. The van der Waals surface area contributed by atoms with Crippen molar-refractivity contribution in [3.63, 3.8) is 0 Å². The topological polar surface area (TPSA) is 39.2 Å². The molecule has 92 valence electrons. The number of aryl methyl sites for hydroxylation is 1. The number of carbonyl (C=O) groups excluding carboxylic acids is 1. The van der Waals surface area contributed by atoms with Crippen LogP contribution in [0.25, 0.3) is 0 Å². The molecule has 0 radical (unpaired) electrons. The largest absolute Gasteiger partial charge is 0.439 e. The zero-order chi connectivity index (χ0) is 13.0. The highest BCUT2D eigenvalue weighted by Crippen LogP contribution is 2.21. The molecule has 0 saturated carbocycles. The summed E-state index contributed by atoms with van der Waals surface area (Å²) in [5.74, 6) is 1.34. The second-order valence-electron chi connectivity index (χ2n) is 4.03. The smallest absolute Gasteiger partial charge is 0.219 e. The zero-order valence-electron chi connectivity index (χ0n) is 10.5. The normalized spacial score (nSPS) is 10.1. The van der Waals surface area contributed by atoms with Gasteiger partial charge in [0.2, 0.25) is 5.88 Å². The third kappa shape index (κ3) is 2.74. The Morgan fingerprint density at radius 2 is 2.00 bits per heavy atom. The first kappa shape index (κ1) is 12.3. The highest BCUT2D eigenvalue weighted by atomic mass is 16.5. The van der Waals surface area contributed by atoms with E-state index < -0.39 is 0 Å². The van der Waals surface area contributed by atoms with Gasteiger partial charge in [-0.1, -0.05) is 25.1 Å². The van der Waals surface area contributed by atoms with E-state index in [0.717, 1.165) is 11.3 Å². The third-order valence-corrected chi connectivity index (χ3v) is 2.67. The van der Waals surface area contributed by atoms with Gasteiger partial charge in [0.05, 0.1) is 0 Å². The van der Waals surface area contributed by atoms with Crippen LogP contribution in [-0.4, -0.2) is 10.8 Å². The van der Waals surface area contributed by atoms with Gasteiger partial charge in [0.15, 0.2) is 5.78 Å². The fourth-order valence-corrected chi connectivity index (χ4v) is 1.68. The van der Waals surface area contributed by atoms with Crippen molar-refractivity contribution in [2.24, 2.45) is 0 Å². The van der Waals surface area contributed by atoms with Crippen LogP contribution >= 0.6 is 0 Å². The van der Waals surface area contributed by atoms with Crippen LogP contribution in [0.5, 0.6) is 11.6 Å². The number of para-hydroxylation sites is 1. The molecule has 1 aromatic heterocycles. The van der Waals surface area contributed by atoms with Gasteiger partial charge in [-0.3, -0.25) is 4.79 Å². The predicted octanol–water partition coefficient (Wildman–Crippen LogP) is 3.78. The van der Waals surface area contributed by atoms with Crippen LogP contribution in [0.4, 0.5) is 0 Å². The lowest BCUT2D eigenvalue weighted by atomic mass is 10.1. The van der Waals surface area contributed by atoms with E-state index in [1.807, 2.05) is 44.2 Å². The Labute approximate surface area is 106 Å². The number of ketones is 1. The molecule has 3 heteroatoms. The Hall–Kier alpha value is -2.16. The number of aromatic nitrogens is 1. The second-order valence-corrected chi connectivity index (χ2v) is 4.03. The van der Waals surface area contributed by atoms with Gasteiger partial charge in [0.25, 0.3) is 0 Å². The average Bonchev–Trinajstić information content (AvgIpc) is 2.39. The lowest BCUT2D eigenvalue weighted by Gasteiger charge is -2.07. The summed E-state index contributed by atoms with van der Waals surface area (Å²) in [6.07, 6.45) is 2.07. The molecule has 0 unspecified atom stereocenters. The van der Waals surface area contributed by atoms with Crippen molar-refractivity contribution in [1.82, 2.24) is 4.98 Å². The van der Waals surface area contributed by atoms with Gasteiger partial charge in [-0.2, -0.15) is 0 Å². The molecule has 2 rings (SSSR count). The summed E-state index contributed by atoms with van der Waals surface area (Å²) < 4.78 is 5.61. The predicted molar refractivity (Wildman–Crippen MR) is 70.1 cm³/mol. The van der Waals surface area contributed by atoms with Crippen LogP contribution in [0.3, 0.4) is 0 Å². The average molecular weight is 241 g/mol. The van der Waals surface area contributed by atoms with Gasteiger partial charge in [-0.05, 0) is 24.6 Å². The van der Waals surface area contributed by atoms with Crippen LogP contribution in [0.1, 0.15) is 29.3 Å². The van der Waals surface area contributed by atoms with E-state index in [9.17, 15) is 4.79 Å². The first-order chi connectivity index (χ1) is 8.70. The fourth-order valence-electron chi connectivity index (χ4n) is 1.68. The van der Waals surface area contributed by atoms with E-state index in [0.29, 0.717) is 17.9 Å². The van der Waals surface area contributed by atoms with Crippen LogP contribution in [0.15, 0.2) is 42.6 Å². The number of Topliss-reactive ketones (excluding diaryl/α,β-unsaturated/α-hetero) is 1. The van der Waals surface area contributed by atoms with Gasteiger partial charge in [-0.15, -0.1) is 0 Å². The number of pyridine rings is 1. The monoisotopic (exact) mass is 241 g/mol. The Kier molecular flexibility index (Phi) is 3.72. The van der Waals surface area contributed by atoms with Crippen LogP contribution < -0.4 is 4.74 Å². The van der Waals surface area contributed by atoms with Crippen molar-refractivity contribution >= 4 is 5.78 Å². The van der Waals surface area contributed by atoms with Crippen molar-refractivity contribution in [2.45, 2.75) is 20.3 Å². The van der Waals surface area contributed by atoms with E-state index >= 15 is 0 Å². The van der Waals surface area contributed by atoms with Crippen molar-refractivity contribution in [1.29, 1.82) is 0 Å². The number of nitrogens with zero attached hydrogens (tertiary/aromatic N) is 1. The van der Waals surface area contributed by atoms with E-state index in [1.54, 1.807) is 12.3 Å². The maximum absolute atomic E-state index is 11.6. The molecule has 1 aromatic carbocycles. The molecular formula is C15H15NO2. The zero-order valence-corrected chi connectivity index (χ0v) is 10.5. The molecular weight excluding hydrogens is 226 g/mol. The van der Waals surface area contributed by atoms with Gasteiger partial charge in [-0.25, -0.2) is 4.98 Å². The van der Waals surface area contributed by atoms with E-state index in [4.69, 9.17) is 4.74 Å². The van der Waals surface area contributed by atoms with Crippen molar-refractivity contribution in [3.05, 3.63) is 53.7 Å².